The van der Waals surface area contributed by atoms with Crippen molar-refractivity contribution in [2.75, 3.05) is 26.2 Å². The molecule has 2 aromatic rings. The molecule has 1 saturated heterocycles. The van der Waals surface area contributed by atoms with Crippen LogP contribution in [0.3, 0.4) is 0 Å². The first-order valence-corrected chi connectivity index (χ1v) is 12.5. The second-order valence-electron chi connectivity index (χ2n) is 8.37. The molecule has 0 aliphatic carbocycles. The maximum Gasteiger partial charge on any atom is 0.243 e. The Balaban J connectivity index is 0.00000289. The van der Waals surface area contributed by atoms with Crippen LogP contribution in [0.5, 0.6) is 0 Å². The average Bonchev–Trinajstić information content (AvgIpc) is 2.76. The Labute approximate surface area is 201 Å². The van der Waals surface area contributed by atoms with E-state index in [1.54, 1.807) is 16.4 Å². The highest BCUT2D eigenvalue weighted by Gasteiger charge is 2.43. The van der Waals surface area contributed by atoms with Crippen molar-refractivity contribution in [1.82, 2.24) is 14.9 Å². The first kappa shape index (κ1) is 25.0. The number of amidine groups is 1. The van der Waals surface area contributed by atoms with E-state index in [4.69, 9.17) is 16.6 Å². The number of piperidine rings is 1. The van der Waals surface area contributed by atoms with E-state index in [9.17, 15) is 8.42 Å². The summed E-state index contributed by atoms with van der Waals surface area (Å²) in [7, 11) is -3.50. The molecule has 2 heterocycles. The minimum absolute atomic E-state index is 0. The topological polar surface area (TPSA) is 73.8 Å². The summed E-state index contributed by atoms with van der Waals surface area (Å²) in [4.78, 5) is 5.13. The molecule has 0 unspecified atom stereocenters. The van der Waals surface area contributed by atoms with Gasteiger partial charge in [-0.05, 0) is 67.6 Å². The van der Waals surface area contributed by atoms with E-state index < -0.39 is 10.0 Å². The fourth-order valence-corrected chi connectivity index (χ4v) is 5.91. The molecule has 4 rings (SSSR count). The SMILES string of the molecule is Cc1ccc(S(=O)(=O)N2CCC3(CC2)NCCN=C3NCc2ccc(Cl)cc2)cc1C.Cl. The van der Waals surface area contributed by atoms with Gasteiger partial charge in [0.25, 0.3) is 0 Å². The number of hydrogen-bond acceptors (Lipinski definition) is 5. The molecule has 0 aromatic heterocycles. The Morgan fingerprint density at radius 3 is 2.44 bits per heavy atom. The zero-order valence-corrected chi connectivity index (χ0v) is 20.8. The lowest BCUT2D eigenvalue weighted by molar-refractivity contribution is 0.241. The lowest BCUT2D eigenvalue weighted by Crippen LogP contribution is -2.64. The van der Waals surface area contributed by atoms with Crippen LogP contribution in [0.25, 0.3) is 0 Å². The van der Waals surface area contributed by atoms with E-state index in [1.165, 1.54) is 0 Å². The van der Waals surface area contributed by atoms with Crippen LogP contribution in [0, 0.1) is 13.8 Å². The Bertz CT molecular complexity index is 1080. The van der Waals surface area contributed by atoms with Gasteiger partial charge >= 0.3 is 0 Å². The van der Waals surface area contributed by atoms with Gasteiger partial charge in [-0.1, -0.05) is 29.8 Å². The Hall–Kier alpha value is -1.64. The zero-order chi connectivity index (χ0) is 22.1. The van der Waals surface area contributed by atoms with Crippen molar-refractivity contribution in [3.63, 3.8) is 0 Å². The van der Waals surface area contributed by atoms with Crippen LogP contribution in [0.1, 0.15) is 29.5 Å². The van der Waals surface area contributed by atoms with Gasteiger partial charge < -0.3 is 10.6 Å². The van der Waals surface area contributed by atoms with E-state index in [2.05, 4.69) is 10.6 Å². The third-order valence-corrected chi connectivity index (χ3v) is 8.51. The van der Waals surface area contributed by atoms with Gasteiger partial charge in [0.05, 0.1) is 17.0 Å². The Kier molecular flexibility index (Phi) is 7.89. The van der Waals surface area contributed by atoms with Crippen molar-refractivity contribution in [2.24, 2.45) is 4.99 Å². The molecule has 2 aliphatic rings. The molecular formula is C23H30Cl2N4O2S. The standard InChI is InChI=1S/C23H29ClN4O2S.ClH/c1-17-3-8-21(15-18(17)2)31(29,30)28-13-9-23(10-14-28)22(25-11-12-27-23)26-16-19-4-6-20(24)7-5-19;/h3-8,15,27H,9-14,16H2,1-2H3,(H,25,26);1H. The number of aliphatic imine (C=N–C) groups is 1. The van der Waals surface area contributed by atoms with E-state index in [0.29, 0.717) is 42.4 Å². The molecule has 2 aromatic carbocycles. The van der Waals surface area contributed by atoms with Crippen LogP contribution < -0.4 is 10.6 Å². The minimum atomic E-state index is -3.50. The first-order chi connectivity index (χ1) is 14.8. The summed E-state index contributed by atoms with van der Waals surface area (Å²) in [6.07, 6.45) is 1.37. The van der Waals surface area contributed by atoms with E-state index in [1.807, 2.05) is 44.2 Å². The quantitative estimate of drug-likeness (QED) is 0.676. The van der Waals surface area contributed by atoms with Gasteiger partial charge in [0.15, 0.2) is 0 Å². The van der Waals surface area contributed by atoms with Crippen molar-refractivity contribution in [2.45, 2.75) is 43.7 Å². The van der Waals surface area contributed by atoms with Gasteiger partial charge in [-0.3, -0.25) is 4.99 Å². The number of aryl methyl sites for hydroxylation is 2. The summed E-state index contributed by atoms with van der Waals surface area (Å²) in [5.74, 6) is 0.928. The van der Waals surface area contributed by atoms with Crippen molar-refractivity contribution in [3.8, 4) is 0 Å². The molecule has 0 saturated carbocycles. The van der Waals surface area contributed by atoms with E-state index in [-0.39, 0.29) is 17.9 Å². The number of rotatable bonds is 4. The lowest BCUT2D eigenvalue weighted by atomic mass is 9.85. The number of sulfonamides is 1. The summed E-state index contributed by atoms with van der Waals surface area (Å²) >= 11 is 5.98. The lowest BCUT2D eigenvalue weighted by Gasteiger charge is -2.44. The van der Waals surface area contributed by atoms with Gasteiger partial charge in [0.2, 0.25) is 10.0 Å². The molecule has 0 bridgehead atoms. The zero-order valence-electron chi connectivity index (χ0n) is 18.4. The van der Waals surface area contributed by atoms with Crippen molar-refractivity contribution in [3.05, 3.63) is 64.2 Å². The highest BCUT2D eigenvalue weighted by atomic mass is 35.5. The van der Waals surface area contributed by atoms with Crippen molar-refractivity contribution >= 4 is 39.9 Å². The molecule has 6 nitrogen and oxygen atoms in total. The van der Waals surface area contributed by atoms with Crippen LogP contribution in [0.15, 0.2) is 52.4 Å². The van der Waals surface area contributed by atoms with Crippen LogP contribution in [-0.4, -0.2) is 50.3 Å². The number of benzene rings is 2. The molecule has 174 valence electrons. The predicted octanol–water partition coefficient (Wildman–Crippen LogP) is 3.69. The number of halogens is 2. The second kappa shape index (κ2) is 10.1. The van der Waals surface area contributed by atoms with Gasteiger partial charge in [-0.2, -0.15) is 4.31 Å². The molecule has 2 N–H and O–H groups in total. The Morgan fingerprint density at radius 1 is 1.09 bits per heavy atom. The largest absolute Gasteiger partial charge is 0.368 e. The summed E-state index contributed by atoms with van der Waals surface area (Å²) in [5.41, 5.74) is 2.90. The normalized spacial score (nSPS) is 18.7. The molecule has 0 radical (unpaired) electrons. The average molecular weight is 497 g/mol. The Morgan fingerprint density at radius 2 is 1.78 bits per heavy atom. The molecule has 0 amide bonds. The summed E-state index contributed by atoms with van der Waals surface area (Å²) in [6, 6.07) is 13.1. The van der Waals surface area contributed by atoms with Gasteiger partial charge in [-0.25, -0.2) is 8.42 Å². The molecule has 0 atom stereocenters. The molecule has 1 fully saturated rings. The molecule has 2 aliphatic heterocycles. The van der Waals surface area contributed by atoms with Crippen LogP contribution in [-0.2, 0) is 16.6 Å². The van der Waals surface area contributed by atoms with Gasteiger partial charge in [0, 0.05) is 31.2 Å². The van der Waals surface area contributed by atoms with Gasteiger partial charge in [0.1, 0.15) is 5.84 Å². The number of hydrogen-bond donors (Lipinski definition) is 2. The number of nitrogens with zero attached hydrogens (tertiary/aromatic N) is 2. The van der Waals surface area contributed by atoms with Crippen LogP contribution >= 0.6 is 24.0 Å². The highest BCUT2D eigenvalue weighted by molar-refractivity contribution is 7.89. The third kappa shape index (κ3) is 5.13. The molecule has 32 heavy (non-hydrogen) atoms. The fourth-order valence-electron chi connectivity index (χ4n) is 4.26. The first-order valence-electron chi connectivity index (χ1n) is 10.7. The maximum absolute atomic E-state index is 13.2. The second-order valence-corrected chi connectivity index (χ2v) is 10.7. The summed E-state index contributed by atoms with van der Waals surface area (Å²) in [5, 5.41) is 7.83. The smallest absolute Gasteiger partial charge is 0.243 e. The monoisotopic (exact) mass is 496 g/mol. The summed E-state index contributed by atoms with van der Waals surface area (Å²) in [6.45, 7) is 7.03. The van der Waals surface area contributed by atoms with Crippen LogP contribution in [0.2, 0.25) is 5.02 Å². The van der Waals surface area contributed by atoms with Crippen molar-refractivity contribution in [1.29, 1.82) is 0 Å². The highest BCUT2D eigenvalue weighted by Crippen LogP contribution is 2.29. The van der Waals surface area contributed by atoms with E-state index in [0.717, 1.165) is 35.6 Å². The fraction of sp³-hybridized carbons (Fsp3) is 0.435. The molecular weight excluding hydrogens is 467 g/mol. The van der Waals surface area contributed by atoms with Crippen LogP contribution in [0.4, 0.5) is 0 Å². The van der Waals surface area contributed by atoms with Crippen molar-refractivity contribution < 1.29 is 8.42 Å². The maximum atomic E-state index is 13.2. The minimum Gasteiger partial charge on any atom is -0.368 e. The number of nitrogens with one attached hydrogen (secondary N) is 2. The molecule has 9 heteroatoms. The van der Waals surface area contributed by atoms with Gasteiger partial charge in [-0.15, -0.1) is 12.4 Å². The third-order valence-electron chi connectivity index (χ3n) is 6.36. The predicted molar refractivity (Wildman–Crippen MR) is 132 cm³/mol. The van der Waals surface area contributed by atoms with E-state index >= 15 is 0 Å². The summed E-state index contributed by atoms with van der Waals surface area (Å²) < 4.78 is 28.0. The molecule has 1 spiro atoms.